The van der Waals surface area contributed by atoms with E-state index in [-0.39, 0.29) is 0 Å². The summed E-state index contributed by atoms with van der Waals surface area (Å²) >= 11 is 0. The van der Waals surface area contributed by atoms with Crippen LogP contribution in [0.1, 0.15) is 76.7 Å². The monoisotopic (exact) mass is 604 g/mol. The molecule has 0 fully saturated rings. The van der Waals surface area contributed by atoms with E-state index in [4.69, 9.17) is 4.74 Å². The molecule has 6 aromatic rings. The summed E-state index contributed by atoms with van der Waals surface area (Å²) in [6, 6.07) is 44.5. The Kier molecular flexibility index (Phi) is 10.8. The van der Waals surface area contributed by atoms with Crippen LogP contribution in [0, 0.1) is 0 Å². The Hall–Kier alpha value is -4.36. The van der Waals surface area contributed by atoms with Crippen LogP contribution in [0.5, 0.6) is 5.75 Å². The van der Waals surface area contributed by atoms with Gasteiger partial charge in [-0.15, -0.1) is 0 Å². The van der Waals surface area contributed by atoms with E-state index in [0.29, 0.717) is 0 Å². The van der Waals surface area contributed by atoms with Crippen LogP contribution >= 0.6 is 0 Å². The van der Waals surface area contributed by atoms with Gasteiger partial charge in [-0.1, -0.05) is 174 Å². The minimum atomic E-state index is 0.873. The molecule has 0 saturated heterocycles. The molecule has 0 aliphatic rings. The van der Waals surface area contributed by atoms with Gasteiger partial charge in [0.15, 0.2) is 0 Å². The van der Waals surface area contributed by atoms with Gasteiger partial charge in [-0.2, -0.15) is 0 Å². The predicted molar refractivity (Wildman–Crippen MR) is 200 cm³/mol. The number of fused-ring (bicyclic) bond motifs is 2. The number of benzene rings is 6. The number of aryl methyl sites for hydroxylation is 1. The van der Waals surface area contributed by atoms with Gasteiger partial charge < -0.3 is 4.74 Å². The van der Waals surface area contributed by atoms with Gasteiger partial charge in [-0.05, 0) is 85.5 Å². The van der Waals surface area contributed by atoms with E-state index in [9.17, 15) is 0 Å². The van der Waals surface area contributed by atoms with Gasteiger partial charge in [0.1, 0.15) is 5.75 Å². The minimum Gasteiger partial charge on any atom is -0.497 e. The van der Waals surface area contributed by atoms with Gasteiger partial charge in [0, 0.05) is 0 Å². The molecular formula is C45H48O. The van der Waals surface area contributed by atoms with E-state index < -0.39 is 0 Å². The quantitative estimate of drug-likeness (QED) is 0.0837. The molecule has 0 unspecified atom stereocenters. The standard InChI is InChI=1S/C45H48O/c1-3-4-5-6-7-8-9-10-11-12-17-34-22-24-35(25-23-34)36-26-28-37(29-27-36)44-40-18-13-15-20-42(40)45(43-21-16-14-19-41(43)44)38-30-32-39(46-2)33-31-38/h13-16,18-33H,3-12,17H2,1-2H3. The van der Waals surface area contributed by atoms with Crippen molar-refractivity contribution in [1.29, 1.82) is 0 Å². The summed E-state index contributed by atoms with van der Waals surface area (Å²) in [5.41, 5.74) is 9.01. The van der Waals surface area contributed by atoms with Crippen molar-refractivity contribution in [1.82, 2.24) is 0 Å². The molecule has 0 aliphatic carbocycles. The topological polar surface area (TPSA) is 9.23 Å². The van der Waals surface area contributed by atoms with Crippen LogP contribution in [0.15, 0.2) is 121 Å². The SMILES string of the molecule is CCCCCCCCCCCCc1ccc(-c2ccc(-c3c4ccccc4c(-c4ccc(OC)cc4)c4ccccc34)cc2)cc1. The Morgan fingerprint density at radius 1 is 0.391 bits per heavy atom. The smallest absolute Gasteiger partial charge is 0.118 e. The molecule has 0 aliphatic heterocycles. The third-order valence-corrected chi connectivity index (χ3v) is 9.59. The minimum absolute atomic E-state index is 0.873. The van der Waals surface area contributed by atoms with Gasteiger partial charge >= 0.3 is 0 Å². The maximum absolute atomic E-state index is 5.45. The zero-order chi connectivity index (χ0) is 31.6. The Labute approximate surface area is 276 Å². The van der Waals surface area contributed by atoms with E-state index in [1.165, 1.54) is 131 Å². The number of hydrogen-bond acceptors (Lipinski definition) is 1. The van der Waals surface area contributed by atoms with E-state index in [2.05, 4.69) is 128 Å². The second-order valence-electron chi connectivity index (χ2n) is 12.8. The molecule has 46 heavy (non-hydrogen) atoms. The second-order valence-corrected chi connectivity index (χ2v) is 12.8. The Morgan fingerprint density at radius 2 is 0.761 bits per heavy atom. The molecule has 0 bridgehead atoms. The summed E-state index contributed by atoms with van der Waals surface area (Å²) in [6.07, 6.45) is 15.0. The molecule has 1 heteroatoms. The summed E-state index contributed by atoms with van der Waals surface area (Å²) in [5, 5.41) is 5.08. The Morgan fingerprint density at radius 3 is 1.20 bits per heavy atom. The van der Waals surface area contributed by atoms with Crippen LogP contribution in [0.3, 0.4) is 0 Å². The van der Waals surface area contributed by atoms with Crippen molar-refractivity contribution in [3.8, 4) is 39.1 Å². The average Bonchev–Trinajstić information content (AvgIpc) is 3.12. The van der Waals surface area contributed by atoms with Crippen LogP contribution in [-0.2, 0) is 6.42 Å². The van der Waals surface area contributed by atoms with Crippen molar-refractivity contribution < 1.29 is 4.74 Å². The molecular weight excluding hydrogens is 556 g/mol. The number of rotatable bonds is 15. The fraction of sp³-hybridized carbons (Fsp3) is 0.289. The molecule has 0 amide bonds. The molecule has 6 rings (SSSR count). The zero-order valence-corrected chi connectivity index (χ0v) is 27.7. The number of unbranched alkanes of at least 4 members (excludes halogenated alkanes) is 9. The zero-order valence-electron chi connectivity index (χ0n) is 27.7. The fourth-order valence-corrected chi connectivity index (χ4v) is 7.02. The van der Waals surface area contributed by atoms with E-state index in [1.54, 1.807) is 7.11 Å². The van der Waals surface area contributed by atoms with Gasteiger partial charge in [-0.3, -0.25) is 0 Å². The normalized spacial score (nSPS) is 11.3. The first kappa shape index (κ1) is 31.6. The molecule has 0 N–H and O–H groups in total. The first-order valence-corrected chi connectivity index (χ1v) is 17.5. The molecule has 1 nitrogen and oxygen atoms in total. The van der Waals surface area contributed by atoms with Gasteiger partial charge in [0.2, 0.25) is 0 Å². The highest BCUT2D eigenvalue weighted by atomic mass is 16.5. The molecule has 0 aromatic heterocycles. The van der Waals surface area contributed by atoms with Gasteiger partial charge in [-0.25, -0.2) is 0 Å². The van der Waals surface area contributed by atoms with Crippen molar-refractivity contribution in [2.75, 3.05) is 7.11 Å². The highest BCUT2D eigenvalue weighted by Crippen LogP contribution is 2.44. The average molecular weight is 605 g/mol. The third kappa shape index (κ3) is 7.37. The molecule has 0 saturated carbocycles. The van der Waals surface area contributed by atoms with Gasteiger partial charge in [0.25, 0.3) is 0 Å². The lowest BCUT2D eigenvalue weighted by atomic mass is 9.85. The first-order chi connectivity index (χ1) is 22.8. The molecule has 0 spiro atoms. The summed E-state index contributed by atoms with van der Waals surface area (Å²) < 4.78 is 5.45. The summed E-state index contributed by atoms with van der Waals surface area (Å²) in [6.45, 7) is 2.29. The molecule has 234 valence electrons. The molecule has 6 aromatic carbocycles. The summed E-state index contributed by atoms with van der Waals surface area (Å²) in [5.74, 6) is 0.873. The van der Waals surface area contributed by atoms with Gasteiger partial charge in [0.05, 0.1) is 7.11 Å². The lowest BCUT2D eigenvalue weighted by Gasteiger charge is -2.18. The van der Waals surface area contributed by atoms with Crippen molar-refractivity contribution in [3.05, 3.63) is 127 Å². The summed E-state index contributed by atoms with van der Waals surface area (Å²) in [4.78, 5) is 0. The van der Waals surface area contributed by atoms with Crippen LogP contribution in [-0.4, -0.2) is 7.11 Å². The van der Waals surface area contributed by atoms with Crippen LogP contribution in [0.4, 0.5) is 0 Å². The summed E-state index contributed by atoms with van der Waals surface area (Å²) in [7, 11) is 1.72. The van der Waals surface area contributed by atoms with Crippen LogP contribution < -0.4 is 4.74 Å². The number of ether oxygens (including phenoxy) is 1. The fourth-order valence-electron chi connectivity index (χ4n) is 7.02. The lowest BCUT2D eigenvalue weighted by Crippen LogP contribution is -1.91. The maximum Gasteiger partial charge on any atom is 0.118 e. The predicted octanol–water partition coefficient (Wildman–Crippen LogP) is 13.5. The largest absolute Gasteiger partial charge is 0.497 e. The van der Waals surface area contributed by atoms with E-state index >= 15 is 0 Å². The first-order valence-electron chi connectivity index (χ1n) is 17.5. The second kappa shape index (κ2) is 15.8. The van der Waals surface area contributed by atoms with E-state index in [0.717, 1.165) is 5.75 Å². The number of hydrogen-bond donors (Lipinski definition) is 0. The van der Waals surface area contributed by atoms with E-state index in [1.807, 2.05) is 0 Å². The Balaban J connectivity index is 1.17. The van der Waals surface area contributed by atoms with Crippen molar-refractivity contribution in [2.45, 2.75) is 77.6 Å². The van der Waals surface area contributed by atoms with Crippen LogP contribution in [0.2, 0.25) is 0 Å². The molecule has 0 radical (unpaired) electrons. The van der Waals surface area contributed by atoms with Crippen LogP contribution in [0.25, 0.3) is 54.9 Å². The number of methoxy groups -OCH3 is 1. The van der Waals surface area contributed by atoms with Crippen molar-refractivity contribution in [2.24, 2.45) is 0 Å². The lowest BCUT2D eigenvalue weighted by molar-refractivity contribution is 0.415. The van der Waals surface area contributed by atoms with Crippen molar-refractivity contribution >= 4 is 21.5 Å². The Bertz CT molecular complexity index is 1770. The molecule has 0 atom stereocenters. The third-order valence-electron chi connectivity index (χ3n) is 9.59. The van der Waals surface area contributed by atoms with Crippen molar-refractivity contribution in [3.63, 3.8) is 0 Å². The highest BCUT2D eigenvalue weighted by Gasteiger charge is 2.16. The maximum atomic E-state index is 5.45. The highest BCUT2D eigenvalue weighted by molar-refractivity contribution is 6.21. The molecule has 0 heterocycles.